The average Bonchev–Trinajstić information content (AvgIpc) is 3.11. The van der Waals surface area contributed by atoms with E-state index in [0.29, 0.717) is 0 Å². The van der Waals surface area contributed by atoms with Crippen LogP contribution in [-0.2, 0) is 0 Å². The third kappa shape index (κ3) is 3.33. The van der Waals surface area contributed by atoms with Gasteiger partial charge in [0.2, 0.25) is 0 Å². The van der Waals surface area contributed by atoms with Crippen molar-refractivity contribution in [3.8, 4) is 0 Å². The Morgan fingerprint density at radius 1 is 0.739 bits per heavy atom. The van der Waals surface area contributed by atoms with Crippen molar-refractivity contribution in [2.75, 3.05) is 58.9 Å². The summed E-state index contributed by atoms with van der Waals surface area (Å²) in [6, 6.07) is 0. The number of piperazine rings is 2. The molecule has 0 amide bonds. The van der Waals surface area contributed by atoms with Crippen LogP contribution in [0.5, 0.6) is 0 Å². The second kappa shape index (κ2) is 7.85. The summed E-state index contributed by atoms with van der Waals surface area (Å²) >= 11 is 0. The Morgan fingerprint density at radius 2 is 1.30 bits per heavy atom. The maximum atomic E-state index is 2.84. The molecule has 0 bridgehead atoms. The molecule has 4 fully saturated rings. The summed E-state index contributed by atoms with van der Waals surface area (Å²) in [6.45, 7) is 14.6. The summed E-state index contributed by atoms with van der Waals surface area (Å²) in [5.74, 6) is 0. The molecule has 4 heterocycles. The molecule has 0 N–H and O–H groups in total. The minimum Gasteiger partial charge on any atom is -1.00 e. The Balaban J connectivity index is 0.00000156. The third-order valence-corrected chi connectivity index (χ3v) is 6.92. The third-order valence-electron chi connectivity index (χ3n) is 6.92. The summed E-state index contributed by atoms with van der Waals surface area (Å²) in [5, 5.41) is 0. The van der Waals surface area contributed by atoms with E-state index in [2.05, 4.69) is 21.6 Å². The van der Waals surface area contributed by atoms with Gasteiger partial charge in [-0.1, -0.05) is 32.6 Å². The van der Waals surface area contributed by atoms with Gasteiger partial charge in [0.15, 0.2) is 6.17 Å². The molecule has 4 rings (SSSR count). The number of halogens is 1. The molecule has 3 unspecified atom stereocenters. The summed E-state index contributed by atoms with van der Waals surface area (Å²) in [4.78, 5) is 8.43. The quantitative estimate of drug-likeness (QED) is 0.283. The molecule has 134 valence electrons. The maximum Gasteiger partial charge on any atom is 0.175 e. The fraction of sp³-hybridized carbons (Fsp3) is 1.00. The van der Waals surface area contributed by atoms with Crippen LogP contribution in [0, 0.1) is 0 Å². The lowest BCUT2D eigenvalue weighted by molar-refractivity contribution is -0.954. The van der Waals surface area contributed by atoms with Crippen LogP contribution >= 0.6 is 0 Å². The van der Waals surface area contributed by atoms with Gasteiger partial charge in [-0.25, -0.2) is 4.90 Å². The van der Waals surface area contributed by atoms with E-state index >= 15 is 0 Å². The summed E-state index contributed by atoms with van der Waals surface area (Å²) < 4.78 is 1.44. The van der Waals surface area contributed by atoms with Gasteiger partial charge >= 0.3 is 0 Å². The molecule has 4 saturated heterocycles. The zero-order chi connectivity index (χ0) is 15.0. The van der Waals surface area contributed by atoms with Gasteiger partial charge in [0.1, 0.15) is 6.17 Å². The van der Waals surface area contributed by atoms with Crippen molar-refractivity contribution in [1.29, 1.82) is 0 Å². The highest BCUT2D eigenvalue weighted by molar-refractivity contribution is 4.97. The Kier molecular flexibility index (Phi) is 6.27. The molecule has 5 heteroatoms. The lowest BCUT2D eigenvalue weighted by Crippen LogP contribution is -3.00. The van der Waals surface area contributed by atoms with Gasteiger partial charge in [-0.2, -0.15) is 0 Å². The van der Waals surface area contributed by atoms with E-state index in [1.54, 1.807) is 0 Å². The van der Waals surface area contributed by atoms with Gasteiger partial charge in [-0.05, 0) is 12.8 Å². The fourth-order valence-corrected chi connectivity index (χ4v) is 5.66. The van der Waals surface area contributed by atoms with Crippen LogP contribution in [-0.4, -0.2) is 90.4 Å². The van der Waals surface area contributed by atoms with Crippen LogP contribution in [0.4, 0.5) is 0 Å². The highest BCUT2D eigenvalue weighted by Gasteiger charge is 2.59. The van der Waals surface area contributed by atoms with Crippen molar-refractivity contribution in [1.82, 2.24) is 14.7 Å². The molecular weight excluding hydrogens is 399 g/mol. The second-order valence-electron chi connectivity index (χ2n) is 8.09. The predicted octanol–water partition coefficient (Wildman–Crippen LogP) is -1.22. The van der Waals surface area contributed by atoms with Crippen LogP contribution in [0.15, 0.2) is 0 Å². The number of rotatable bonds is 7. The van der Waals surface area contributed by atoms with E-state index in [1.165, 1.54) is 102 Å². The topological polar surface area (TPSA) is 9.72 Å². The van der Waals surface area contributed by atoms with E-state index in [0.717, 1.165) is 12.3 Å². The van der Waals surface area contributed by atoms with Crippen molar-refractivity contribution in [2.45, 2.75) is 57.8 Å². The lowest BCUT2D eigenvalue weighted by Gasteiger charge is -2.54. The summed E-state index contributed by atoms with van der Waals surface area (Å²) in [5.41, 5.74) is 0. The summed E-state index contributed by atoms with van der Waals surface area (Å²) in [6.07, 6.45) is 10.2. The van der Waals surface area contributed by atoms with E-state index in [1.807, 2.05) is 0 Å². The van der Waals surface area contributed by atoms with E-state index < -0.39 is 0 Å². The predicted molar refractivity (Wildman–Crippen MR) is 90.5 cm³/mol. The molecule has 3 atom stereocenters. The largest absolute Gasteiger partial charge is 1.00 e. The highest BCUT2D eigenvalue weighted by atomic mass is 127. The minimum atomic E-state index is 0. The average molecular weight is 434 g/mol. The molecule has 4 aliphatic rings. The van der Waals surface area contributed by atoms with Crippen LogP contribution < -0.4 is 24.0 Å². The molecule has 23 heavy (non-hydrogen) atoms. The van der Waals surface area contributed by atoms with Gasteiger partial charge in [0, 0.05) is 32.7 Å². The smallest absolute Gasteiger partial charge is 0.175 e. The van der Waals surface area contributed by atoms with Crippen molar-refractivity contribution in [3.63, 3.8) is 0 Å². The number of hydrogen-bond donors (Lipinski definition) is 0. The molecule has 4 aliphatic heterocycles. The first kappa shape index (κ1) is 18.4. The van der Waals surface area contributed by atoms with Gasteiger partial charge < -0.3 is 28.5 Å². The Hall–Kier alpha value is 0.570. The Bertz CT molecular complexity index is 387. The van der Waals surface area contributed by atoms with Gasteiger partial charge in [0.25, 0.3) is 0 Å². The SMILES string of the molecule is CCCCCCCC[N+]12CCN3CCN4CCN(CC1)C2C43.[I-]. The zero-order valence-electron chi connectivity index (χ0n) is 14.9. The number of nitrogens with zero attached hydrogens (tertiary/aromatic N) is 4. The molecule has 0 saturated carbocycles. The van der Waals surface area contributed by atoms with Gasteiger partial charge in [-0.15, -0.1) is 0 Å². The molecule has 0 spiro atoms. The molecular formula is C18H35IN4. The fourth-order valence-electron chi connectivity index (χ4n) is 5.66. The van der Waals surface area contributed by atoms with E-state index in [9.17, 15) is 0 Å². The van der Waals surface area contributed by atoms with Gasteiger partial charge in [0.05, 0.1) is 26.2 Å². The monoisotopic (exact) mass is 434 g/mol. The van der Waals surface area contributed by atoms with Crippen LogP contribution in [0.25, 0.3) is 0 Å². The Labute approximate surface area is 159 Å². The summed E-state index contributed by atoms with van der Waals surface area (Å²) in [7, 11) is 0. The normalized spacial score (nSPS) is 36.9. The first-order chi connectivity index (χ1) is 10.8. The van der Waals surface area contributed by atoms with Gasteiger partial charge in [-0.3, -0.25) is 9.80 Å². The molecule has 0 aromatic rings. The first-order valence-corrected chi connectivity index (χ1v) is 9.92. The molecule has 4 nitrogen and oxygen atoms in total. The van der Waals surface area contributed by atoms with Crippen molar-refractivity contribution < 1.29 is 28.5 Å². The second-order valence-corrected chi connectivity index (χ2v) is 8.09. The minimum absolute atomic E-state index is 0. The lowest BCUT2D eigenvalue weighted by atomic mass is 10.1. The maximum absolute atomic E-state index is 2.84. The zero-order valence-corrected chi connectivity index (χ0v) is 17.1. The van der Waals surface area contributed by atoms with Crippen LogP contribution in [0.3, 0.4) is 0 Å². The number of hydrogen-bond acceptors (Lipinski definition) is 3. The van der Waals surface area contributed by atoms with Crippen molar-refractivity contribution >= 4 is 0 Å². The van der Waals surface area contributed by atoms with Crippen LogP contribution in [0.2, 0.25) is 0 Å². The molecule has 0 aliphatic carbocycles. The van der Waals surface area contributed by atoms with Crippen LogP contribution in [0.1, 0.15) is 45.4 Å². The number of unbranched alkanes of at least 4 members (excludes halogenated alkanes) is 5. The van der Waals surface area contributed by atoms with E-state index in [4.69, 9.17) is 0 Å². The van der Waals surface area contributed by atoms with Crippen molar-refractivity contribution in [2.24, 2.45) is 0 Å². The standard InChI is InChI=1S/C18H35N4.HI/c1-2-3-4-5-6-7-14-22-15-12-20-9-8-19-10-11-21(13-16-22)18(22)17(19)20;/h17-18H,2-16H2,1H3;1H/q+1;/p-1. The Morgan fingerprint density at radius 3 is 2.04 bits per heavy atom. The molecule has 0 aromatic carbocycles. The molecule has 0 radical (unpaired) electrons. The molecule has 0 aromatic heterocycles. The van der Waals surface area contributed by atoms with Crippen molar-refractivity contribution in [3.05, 3.63) is 0 Å². The number of quaternary nitrogens is 1. The first-order valence-electron chi connectivity index (χ1n) is 9.92. The highest BCUT2D eigenvalue weighted by Crippen LogP contribution is 2.39. The van der Waals surface area contributed by atoms with E-state index in [-0.39, 0.29) is 24.0 Å².